The summed E-state index contributed by atoms with van der Waals surface area (Å²) in [5.74, 6) is 0. The first kappa shape index (κ1) is 18.2. The van der Waals surface area contributed by atoms with Crippen LogP contribution in [0.1, 0.15) is 46.5 Å². The summed E-state index contributed by atoms with van der Waals surface area (Å²) >= 11 is 0. The molecule has 124 valence electrons. The maximum atomic E-state index is 11.3. The number of rotatable bonds is 1. The van der Waals surface area contributed by atoms with Crippen molar-refractivity contribution >= 4 is 6.09 Å². The Labute approximate surface area is 127 Å². The molecule has 2 saturated heterocycles. The zero-order valence-corrected chi connectivity index (χ0v) is 13.5. The van der Waals surface area contributed by atoms with Crippen LogP contribution >= 0.6 is 0 Å². The van der Waals surface area contributed by atoms with Gasteiger partial charge < -0.3 is 25.3 Å². The summed E-state index contributed by atoms with van der Waals surface area (Å²) in [6.07, 6.45) is 3.90. The van der Waals surface area contributed by atoms with Gasteiger partial charge in [0.2, 0.25) is 0 Å². The van der Waals surface area contributed by atoms with Crippen LogP contribution in [0.3, 0.4) is 0 Å². The largest absolute Gasteiger partial charge is 0.444 e. The number of ether oxygens (including phenoxy) is 3. The molecule has 0 aromatic rings. The molecular formula is C15H30N2O4. The van der Waals surface area contributed by atoms with Gasteiger partial charge in [-0.3, -0.25) is 0 Å². The summed E-state index contributed by atoms with van der Waals surface area (Å²) in [5, 5.41) is 2.79. The van der Waals surface area contributed by atoms with E-state index in [1.807, 2.05) is 20.8 Å². The summed E-state index contributed by atoms with van der Waals surface area (Å²) in [6.45, 7) is 8.62. The first-order valence-electron chi connectivity index (χ1n) is 7.77. The maximum absolute atomic E-state index is 11.3. The van der Waals surface area contributed by atoms with Crippen molar-refractivity contribution in [2.24, 2.45) is 5.73 Å². The van der Waals surface area contributed by atoms with Crippen molar-refractivity contribution < 1.29 is 19.0 Å². The highest BCUT2D eigenvalue weighted by Crippen LogP contribution is 2.09. The van der Waals surface area contributed by atoms with Crippen LogP contribution in [0, 0.1) is 0 Å². The van der Waals surface area contributed by atoms with Gasteiger partial charge in [-0.05, 0) is 46.5 Å². The van der Waals surface area contributed by atoms with Crippen LogP contribution in [0.4, 0.5) is 4.79 Å². The van der Waals surface area contributed by atoms with Crippen molar-refractivity contribution in [1.82, 2.24) is 5.32 Å². The Morgan fingerprint density at radius 3 is 2.14 bits per heavy atom. The molecule has 0 saturated carbocycles. The molecule has 2 fully saturated rings. The molecule has 21 heavy (non-hydrogen) atoms. The lowest BCUT2D eigenvalue weighted by atomic mass is 10.1. The van der Waals surface area contributed by atoms with Crippen molar-refractivity contribution in [3.8, 4) is 0 Å². The van der Waals surface area contributed by atoms with Gasteiger partial charge in [-0.2, -0.15) is 0 Å². The molecule has 2 rings (SSSR count). The smallest absolute Gasteiger partial charge is 0.407 e. The average molecular weight is 302 g/mol. The Balaban J connectivity index is 0.000000262. The third kappa shape index (κ3) is 9.66. The van der Waals surface area contributed by atoms with Crippen LogP contribution in [0.25, 0.3) is 0 Å². The van der Waals surface area contributed by atoms with Gasteiger partial charge in [0.25, 0.3) is 0 Å². The Bertz CT molecular complexity index is 293. The number of hydrogen-bond donors (Lipinski definition) is 2. The number of carbonyl (C=O) groups excluding carboxylic acids is 1. The zero-order chi connectivity index (χ0) is 15.7. The van der Waals surface area contributed by atoms with Gasteiger partial charge in [0.1, 0.15) is 5.60 Å². The second-order valence-corrected chi connectivity index (χ2v) is 6.54. The molecule has 2 aliphatic rings. The maximum Gasteiger partial charge on any atom is 0.407 e. The topological polar surface area (TPSA) is 82.8 Å². The zero-order valence-electron chi connectivity index (χ0n) is 13.5. The van der Waals surface area contributed by atoms with Crippen molar-refractivity contribution in [2.45, 2.75) is 64.1 Å². The molecule has 0 unspecified atom stereocenters. The number of hydrogen-bond acceptors (Lipinski definition) is 5. The minimum Gasteiger partial charge on any atom is -0.444 e. The first-order valence-corrected chi connectivity index (χ1v) is 7.77. The van der Waals surface area contributed by atoms with E-state index in [1.165, 1.54) is 0 Å². The molecule has 1 amide bonds. The van der Waals surface area contributed by atoms with E-state index in [0.717, 1.165) is 45.5 Å². The van der Waals surface area contributed by atoms with Gasteiger partial charge in [-0.25, -0.2) is 4.79 Å². The van der Waals surface area contributed by atoms with Crippen molar-refractivity contribution in [2.75, 3.05) is 26.4 Å². The summed E-state index contributed by atoms with van der Waals surface area (Å²) in [7, 11) is 0. The summed E-state index contributed by atoms with van der Waals surface area (Å²) in [5.41, 5.74) is 5.08. The van der Waals surface area contributed by atoms with Crippen molar-refractivity contribution in [1.29, 1.82) is 0 Å². The second-order valence-electron chi connectivity index (χ2n) is 6.54. The highest BCUT2D eigenvalue weighted by atomic mass is 16.6. The predicted molar refractivity (Wildman–Crippen MR) is 81.2 cm³/mol. The molecule has 2 heterocycles. The minimum atomic E-state index is -0.431. The number of carbonyl (C=O) groups is 1. The molecule has 6 nitrogen and oxygen atoms in total. The molecule has 6 heteroatoms. The Morgan fingerprint density at radius 2 is 1.76 bits per heavy atom. The fourth-order valence-corrected chi connectivity index (χ4v) is 2.09. The Kier molecular flexibility index (Phi) is 8.00. The molecular weight excluding hydrogens is 272 g/mol. The lowest BCUT2D eigenvalue weighted by Crippen LogP contribution is -2.43. The third-order valence-corrected chi connectivity index (χ3v) is 3.08. The van der Waals surface area contributed by atoms with Crippen LogP contribution in [0.15, 0.2) is 0 Å². The molecule has 0 radical (unpaired) electrons. The quantitative estimate of drug-likeness (QED) is 0.772. The van der Waals surface area contributed by atoms with E-state index in [2.05, 4.69) is 5.32 Å². The molecule has 0 aliphatic carbocycles. The van der Waals surface area contributed by atoms with E-state index >= 15 is 0 Å². The van der Waals surface area contributed by atoms with E-state index < -0.39 is 5.60 Å². The molecule has 0 spiro atoms. The lowest BCUT2D eigenvalue weighted by molar-refractivity contribution is 0.0347. The van der Waals surface area contributed by atoms with Crippen LogP contribution in [0.2, 0.25) is 0 Å². The van der Waals surface area contributed by atoms with Gasteiger partial charge in [-0.1, -0.05) is 0 Å². The van der Waals surface area contributed by atoms with Crippen molar-refractivity contribution in [3.05, 3.63) is 0 Å². The average Bonchev–Trinajstić information content (AvgIpc) is 2.39. The van der Waals surface area contributed by atoms with E-state index in [-0.39, 0.29) is 12.1 Å². The number of nitrogens with one attached hydrogen (secondary N) is 1. The number of alkyl carbamates (subject to hydrolysis) is 1. The number of amides is 1. The molecule has 3 N–H and O–H groups in total. The standard InChI is InChI=1S/C10H19NO3.C5H11NO/c1-10(2,3)14-9(12)11-8-5-4-6-13-7-8;6-5-2-1-3-7-4-5/h8H,4-7H2,1-3H3,(H,11,12);5H,1-4,6H2/t8-;5-/m00/s1. The minimum absolute atomic E-state index is 0.110. The summed E-state index contributed by atoms with van der Waals surface area (Å²) in [4.78, 5) is 11.3. The Hall–Kier alpha value is -0.850. The third-order valence-electron chi connectivity index (χ3n) is 3.08. The molecule has 2 atom stereocenters. The Morgan fingerprint density at radius 1 is 1.14 bits per heavy atom. The second kappa shape index (κ2) is 9.23. The molecule has 0 aromatic carbocycles. The molecule has 0 bridgehead atoms. The fourth-order valence-electron chi connectivity index (χ4n) is 2.09. The van der Waals surface area contributed by atoms with E-state index in [0.29, 0.717) is 12.6 Å². The molecule has 0 aromatic heterocycles. The van der Waals surface area contributed by atoms with Gasteiger partial charge in [-0.15, -0.1) is 0 Å². The number of nitrogens with two attached hydrogens (primary N) is 1. The van der Waals surface area contributed by atoms with Gasteiger partial charge in [0, 0.05) is 19.3 Å². The predicted octanol–water partition coefficient (Wildman–Crippen LogP) is 1.81. The van der Waals surface area contributed by atoms with E-state index in [9.17, 15) is 4.79 Å². The van der Waals surface area contributed by atoms with Crippen LogP contribution < -0.4 is 11.1 Å². The monoisotopic (exact) mass is 302 g/mol. The first-order chi connectivity index (χ1) is 9.87. The normalized spacial score (nSPS) is 26.3. The van der Waals surface area contributed by atoms with Crippen molar-refractivity contribution in [3.63, 3.8) is 0 Å². The van der Waals surface area contributed by atoms with Crippen LogP contribution in [0.5, 0.6) is 0 Å². The summed E-state index contributed by atoms with van der Waals surface area (Å²) in [6, 6.07) is 0.423. The fraction of sp³-hybridized carbons (Fsp3) is 0.933. The highest BCUT2D eigenvalue weighted by Gasteiger charge is 2.20. The SMILES string of the molecule is CC(C)(C)OC(=O)N[C@H]1CCCOC1.N[C@H]1CCCOC1. The van der Waals surface area contributed by atoms with Crippen LogP contribution in [-0.4, -0.2) is 50.2 Å². The van der Waals surface area contributed by atoms with E-state index in [4.69, 9.17) is 19.9 Å². The van der Waals surface area contributed by atoms with Crippen LogP contribution in [-0.2, 0) is 14.2 Å². The van der Waals surface area contributed by atoms with Gasteiger partial charge in [0.05, 0.1) is 19.3 Å². The lowest BCUT2D eigenvalue weighted by Gasteiger charge is -2.25. The van der Waals surface area contributed by atoms with Gasteiger partial charge >= 0.3 is 6.09 Å². The molecule has 2 aliphatic heterocycles. The van der Waals surface area contributed by atoms with E-state index in [1.54, 1.807) is 0 Å². The summed E-state index contributed by atoms with van der Waals surface area (Å²) < 4.78 is 15.4. The van der Waals surface area contributed by atoms with Gasteiger partial charge in [0.15, 0.2) is 0 Å². The highest BCUT2D eigenvalue weighted by molar-refractivity contribution is 5.68.